The zero-order valence-corrected chi connectivity index (χ0v) is 16.0. The molecule has 2 atom stereocenters. The average molecular weight is 373 g/mol. The van der Waals surface area contributed by atoms with Crippen molar-refractivity contribution in [3.05, 3.63) is 40.1 Å². The predicted molar refractivity (Wildman–Crippen MR) is 102 cm³/mol. The van der Waals surface area contributed by atoms with Crippen LogP contribution >= 0.6 is 11.3 Å². The zero-order chi connectivity index (χ0) is 18.1. The van der Waals surface area contributed by atoms with Crippen molar-refractivity contribution in [2.24, 2.45) is 5.92 Å². The minimum Gasteiger partial charge on any atom is -0.497 e. The third-order valence-electron chi connectivity index (χ3n) is 5.39. The Morgan fingerprint density at radius 1 is 1.27 bits per heavy atom. The number of quaternary nitrogens is 1. The minimum absolute atomic E-state index is 0.0240. The van der Waals surface area contributed by atoms with Gasteiger partial charge in [0.15, 0.2) is 6.54 Å². The Bertz CT molecular complexity index is 800. The van der Waals surface area contributed by atoms with Crippen molar-refractivity contribution in [1.82, 2.24) is 0 Å². The van der Waals surface area contributed by atoms with E-state index in [1.54, 1.807) is 20.3 Å². The summed E-state index contributed by atoms with van der Waals surface area (Å²) in [6, 6.07) is 8.18. The summed E-state index contributed by atoms with van der Waals surface area (Å²) in [7, 11) is 3.22. The second-order valence-electron chi connectivity index (χ2n) is 7.06. The van der Waals surface area contributed by atoms with E-state index in [1.165, 1.54) is 28.2 Å². The van der Waals surface area contributed by atoms with Crippen molar-refractivity contribution < 1.29 is 19.2 Å². The van der Waals surface area contributed by atoms with Crippen LogP contribution in [0, 0.1) is 5.92 Å². The highest BCUT2D eigenvalue weighted by atomic mass is 32.1. The van der Waals surface area contributed by atoms with Gasteiger partial charge in [0.05, 0.1) is 26.5 Å². The van der Waals surface area contributed by atoms with Crippen molar-refractivity contribution in [1.29, 1.82) is 0 Å². The molecule has 1 aromatic carbocycles. The molecule has 2 aromatic rings. The van der Waals surface area contributed by atoms with Crippen LogP contribution in [0.4, 0.5) is 5.69 Å². The number of thiophene rings is 1. The van der Waals surface area contributed by atoms with E-state index in [1.807, 2.05) is 23.5 Å². The van der Waals surface area contributed by atoms with Crippen molar-refractivity contribution in [2.75, 3.05) is 32.6 Å². The maximum Gasteiger partial charge on any atom is 0.279 e. The van der Waals surface area contributed by atoms with Crippen molar-refractivity contribution >= 4 is 22.9 Å². The molecule has 0 saturated heterocycles. The Balaban J connectivity index is 1.48. The largest absolute Gasteiger partial charge is 0.497 e. The number of benzene rings is 1. The second-order valence-corrected chi connectivity index (χ2v) is 8.06. The number of carbonyl (C=O) groups excluding carboxylic acids is 1. The molecule has 1 amide bonds. The quantitative estimate of drug-likeness (QED) is 0.817. The Morgan fingerprint density at radius 2 is 2.12 bits per heavy atom. The number of carbonyl (C=O) groups is 1. The summed E-state index contributed by atoms with van der Waals surface area (Å²) in [5, 5.41) is 5.22. The smallest absolute Gasteiger partial charge is 0.279 e. The van der Waals surface area contributed by atoms with Gasteiger partial charge in [0, 0.05) is 28.8 Å². The molecule has 138 valence electrons. The Labute approximate surface area is 157 Å². The number of amides is 1. The standard InChI is InChI=1S/C20H24N2O3S/c1-24-14-5-6-17(25-2)16(11-14)21-19(23)12-22-9-7-18-15(8-10-26-18)20(22)13-3-4-13/h5-6,8,10-11,13,20H,3-4,7,9,12H2,1-2H3,(H,21,23)/p+1/t20-/m1/s1. The highest BCUT2D eigenvalue weighted by Crippen LogP contribution is 2.42. The molecule has 1 aliphatic carbocycles. The highest BCUT2D eigenvalue weighted by molar-refractivity contribution is 7.10. The van der Waals surface area contributed by atoms with E-state index < -0.39 is 0 Å². The van der Waals surface area contributed by atoms with Gasteiger partial charge in [-0.05, 0) is 36.4 Å². The number of fused-ring (bicyclic) bond motifs is 1. The van der Waals surface area contributed by atoms with Gasteiger partial charge < -0.3 is 19.7 Å². The van der Waals surface area contributed by atoms with Crippen molar-refractivity contribution in [3.8, 4) is 11.5 Å². The fourth-order valence-electron chi connectivity index (χ4n) is 4.01. The first-order chi connectivity index (χ1) is 12.7. The summed E-state index contributed by atoms with van der Waals surface area (Å²) in [6.45, 7) is 1.51. The monoisotopic (exact) mass is 373 g/mol. The van der Waals surface area contributed by atoms with Gasteiger partial charge in [-0.1, -0.05) is 0 Å². The Morgan fingerprint density at radius 3 is 2.85 bits per heavy atom. The van der Waals surface area contributed by atoms with Crippen LogP contribution in [0.15, 0.2) is 29.6 Å². The van der Waals surface area contributed by atoms with Crippen molar-refractivity contribution in [3.63, 3.8) is 0 Å². The molecule has 1 fully saturated rings. The van der Waals surface area contributed by atoms with Gasteiger partial charge >= 0.3 is 0 Å². The van der Waals surface area contributed by atoms with Gasteiger partial charge in [0.2, 0.25) is 0 Å². The third kappa shape index (κ3) is 3.44. The topological polar surface area (TPSA) is 52.0 Å². The zero-order valence-electron chi connectivity index (χ0n) is 15.2. The molecular weight excluding hydrogens is 348 g/mol. The van der Waals surface area contributed by atoms with E-state index in [4.69, 9.17) is 9.47 Å². The lowest BCUT2D eigenvalue weighted by atomic mass is 9.96. The lowest BCUT2D eigenvalue weighted by Crippen LogP contribution is -3.14. The molecule has 6 heteroatoms. The summed E-state index contributed by atoms with van der Waals surface area (Å²) < 4.78 is 10.6. The molecule has 2 heterocycles. The number of rotatable bonds is 6. The van der Waals surface area contributed by atoms with Crippen LogP contribution < -0.4 is 19.7 Å². The number of ether oxygens (including phenoxy) is 2. The summed E-state index contributed by atoms with van der Waals surface area (Å²) in [5.41, 5.74) is 2.14. The highest BCUT2D eigenvalue weighted by Gasteiger charge is 2.43. The van der Waals surface area contributed by atoms with Crippen LogP contribution in [0.5, 0.6) is 11.5 Å². The molecule has 2 aliphatic rings. The second kappa shape index (κ2) is 7.29. The fourth-order valence-corrected chi connectivity index (χ4v) is 4.94. The van der Waals surface area contributed by atoms with Crippen LogP contribution in [0.1, 0.15) is 29.3 Å². The summed E-state index contributed by atoms with van der Waals surface area (Å²) >= 11 is 1.86. The molecule has 1 unspecified atom stereocenters. The lowest BCUT2D eigenvalue weighted by Gasteiger charge is -2.32. The molecular formula is C20H25N2O3S+. The van der Waals surface area contributed by atoms with E-state index in [0.717, 1.165) is 18.9 Å². The van der Waals surface area contributed by atoms with Crippen LogP contribution in [-0.4, -0.2) is 33.2 Å². The summed E-state index contributed by atoms with van der Waals surface area (Å²) in [5.74, 6) is 2.10. The molecule has 0 spiro atoms. The van der Waals surface area contributed by atoms with Gasteiger partial charge in [-0.15, -0.1) is 11.3 Å². The van der Waals surface area contributed by atoms with Gasteiger partial charge in [0.1, 0.15) is 17.5 Å². The summed E-state index contributed by atoms with van der Waals surface area (Å²) in [6.07, 6.45) is 3.64. The van der Waals surface area contributed by atoms with E-state index in [9.17, 15) is 4.79 Å². The number of anilines is 1. The molecule has 1 aromatic heterocycles. The van der Waals surface area contributed by atoms with Gasteiger partial charge in [0.25, 0.3) is 5.91 Å². The maximum atomic E-state index is 12.8. The third-order valence-corrected chi connectivity index (χ3v) is 6.39. The normalized spacial score (nSPS) is 21.8. The van der Waals surface area contributed by atoms with Crippen LogP contribution in [0.2, 0.25) is 0 Å². The minimum atomic E-state index is 0.0240. The van der Waals surface area contributed by atoms with Crippen molar-refractivity contribution in [2.45, 2.75) is 25.3 Å². The molecule has 2 N–H and O–H groups in total. The summed E-state index contributed by atoms with van der Waals surface area (Å²) in [4.78, 5) is 15.7. The lowest BCUT2D eigenvalue weighted by molar-refractivity contribution is -0.928. The number of methoxy groups -OCH3 is 2. The van der Waals surface area contributed by atoms with Gasteiger partial charge in [-0.2, -0.15) is 0 Å². The molecule has 0 bridgehead atoms. The van der Waals surface area contributed by atoms with Crippen LogP contribution in [0.3, 0.4) is 0 Å². The first-order valence-electron chi connectivity index (χ1n) is 9.12. The average Bonchev–Trinajstić information content (AvgIpc) is 3.37. The first-order valence-corrected chi connectivity index (χ1v) is 10.00. The predicted octanol–water partition coefficient (Wildman–Crippen LogP) is 2.30. The van der Waals surface area contributed by atoms with Crippen LogP contribution in [0.25, 0.3) is 0 Å². The van der Waals surface area contributed by atoms with E-state index in [2.05, 4.69) is 16.8 Å². The fraction of sp³-hybridized carbons (Fsp3) is 0.450. The van der Waals surface area contributed by atoms with Gasteiger partial charge in [-0.25, -0.2) is 0 Å². The molecule has 5 nitrogen and oxygen atoms in total. The van der Waals surface area contributed by atoms with E-state index in [-0.39, 0.29) is 5.91 Å². The van der Waals surface area contributed by atoms with Gasteiger partial charge in [-0.3, -0.25) is 4.79 Å². The maximum absolute atomic E-state index is 12.8. The van der Waals surface area contributed by atoms with E-state index >= 15 is 0 Å². The number of hydrogen-bond acceptors (Lipinski definition) is 4. The Kier molecular flexibility index (Phi) is 4.87. The molecule has 1 saturated carbocycles. The number of nitrogens with one attached hydrogen (secondary N) is 2. The molecule has 4 rings (SSSR count). The SMILES string of the molecule is COc1ccc(OC)c(NC(=O)C[NH+]2CCc3sccc3[C@H]2C2CC2)c1. The Hall–Kier alpha value is -2.05. The first kappa shape index (κ1) is 17.4. The van der Waals surface area contributed by atoms with Crippen LogP contribution in [-0.2, 0) is 11.2 Å². The molecule has 1 aliphatic heterocycles. The van der Waals surface area contributed by atoms with E-state index in [0.29, 0.717) is 29.8 Å². The molecule has 0 radical (unpaired) electrons. The number of hydrogen-bond donors (Lipinski definition) is 2. The molecule has 26 heavy (non-hydrogen) atoms.